The fourth-order valence-electron chi connectivity index (χ4n) is 2.61. The predicted molar refractivity (Wildman–Crippen MR) is 109 cm³/mol. The summed E-state index contributed by atoms with van der Waals surface area (Å²) in [6.07, 6.45) is 18.7. The zero-order valence-corrected chi connectivity index (χ0v) is 17.7. The van der Waals surface area contributed by atoms with E-state index in [1.165, 1.54) is 70.6 Å². The lowest BCUT2D eigenvalue weighted by atomic mass is 10.0. The van der Waals surface area contributed by atoms with Gasteiger partial charge in [0, 0.05) is 12.8 Å². The molecule has 0 bridgehead atoms. The number of aliphatic carboxylic acids is 1. The summed E-state index contributed by atoms with van der Waals surface area (Å²) in [5.41, 5.74) is 0. The molecule has 0 fully saturated rings. The van der Waals surface area contributed by atoms with Gasteiger partial charge in [-0.2, -0.15) is 0 Å². The van der Waals surface area contributed by atoms with Gasteiger partial charge in [-0.25, -0.2) is 0 Å². The number of hydrogen-bond donors (Lipinski definition) is 1. The molecule has 0 aromatic heterocycles. The maximum Gasteiger partial charge on any atom is 0.305 e. The number of carboxylic acid groups (broad SMARTS) is 1. The van der Waals surface area contributed by atoms with E-state index in [9.17, 15) is 9.59 Å². The molecule has 156 valence electrons. The normalized spacial score (nSPS) is 10.1. The largest absolute Gasteiger partial charge is 0.481 e. The van der Waals surface area contributed by atoms with Gasteiger partial charge in [0.05, 0.1) is 6.61 Å². The number of carbonyl (C=O) groups is 2. The van der Waals surface area contributed by atoms with Crippen molar-refractivity contribution in [2.75, 3.05) is 6.61 Å². The minimum absolute atomic E-state index is 0.105. The smallest absolute Gasteiger partial charge is 0.305 e. The highest BCUT2D eigenvalue weighted by molar-refractivity contribution is 5.68. The van der Waals surface area contributed by atoms with E-state index in [4.69, 9.17) is 9.84 Å². The Kier molecular flexibility index (Phi) is 25.0. The van der Waals surface area contributed by atoms with Crippen LogP contribution in [0.15, 0.2) is 0 Å². The summed E-state index contributed by atoms with van der Waals surface area (Å²) in [5.74, 6) is -0.759. The molecule has 0 saturated carbocycles. The van der Waals surface area contributed by atoms with Crippen molar-refractivity contribution in [3.63, 3.8) is 0 Å². The highest BCUT2D eigenvalue weighted by Crippen LogP contribution is 2.12. The number of rotatable bonds is 17. The monoisotopic (exact) mass is 372 g/mol. The molecule has 0 atom stereocenters. The van der Waals surface area contributed by atoms with Gasteiger partial charge >= 0.3 is 11.9 Å². The van der Waals surface area contributed by atoms with Gasteiger partial charge in [-0.1, -0.05) is 97.8 Å². The Morgan fingerprint density at radius 2 is 1.08 bits per heavy atom. The highest BCUT2D eigenvalue weighted by atomic mass is 16.5. The average molecular weight is 373 g/mol. The van der Waals surface area contributed by atoms with E-state index < -0.39 is 5.97 Å². The molecule has 0 aromatic carbocycles. The van der Waals surface area contributed by atoms with E-state index in [0.29, 0.717) is 19.4 Å². The molecule has 26 heavy (non-hydrogen) atoms. The first-order valence-corrected chi connectivity index (χ1v) is 11.0. The van der Waals surface area contributed by atoms with Crippen LogP contribution < -0.4 is 0 Å². The van der Waals surface area contributed by atoms with Crippen LogP contribution in [0.3, 0.4) is 0 Å². The Hall–Kier alpha value is -1.06. The van der Waals surface area contributed by atoms with Crippen molar-refractivity contribution in [2.45, 2.75) is 124 Å². The second kappa shape index (κ2) is 23.9. The van der Waals surface area contributed by atoms with Gasteiger partial charge < -0.3 is 9.84 Å². The third-order valence-corrected chi connectivity index (χ3v) is 4.25. The van der Waals surface area contributed by atoms with Crippen LogP contribution in [-0.4, -0.2) is 23.7 Å². The van der Waals surface area contributed by atoms with E-state index in [2.05, 4.69) is 6.92 Å². The lowest BCUT2D eigenvalue weighted by Crippen LogP contribution is -2.02. The Bertz CT molecular complexity index is 303. The zero-order valence-electron chi connectivity index (χ0n) is 17.7. The highest BCUT2D eigenvalue weighted by Gasteiger charge is 1.97. The molecule has 1 N–H and O–H groups in total. The van der Waals surface area contributed by atoms with Crippen LogP contribution in [0.2, 0.25) is 0 Å². The van der Waals surface area contributed by atoms with Crippen molar-refractivity contribution in [1.29, 1.82) is 0 Å². The summed E-state index contributed by atoms with van der Waals surface area (Å²) in [5, 5.41) is 8.49. The van der Waals surface area contributed by atoms with Crippen LogP contribution in [0.5, 0.6) is 0 Å². The number of carboxylic acids is 1. The topological polar surface area (TPSA) is 63.6 Å². The van der Waals surface area contributed by atoms with Crippen molar-refractivity contribution >= 4 is 11.9 Å². The first-order chi connectivity index (χ1) is 12.6. The van der Waals surface area contributed by atoms with Crippen LogP contribution in [0.4, 0.5) is 0 Å². The van der Waals surface area contributed by atoms with E-state index in [-0.39, 0.29) is 5.97 Å². The average Bonchev–Trinajstić information content (AvgIpc) is 2.63. The molecule has 0 radical (unpaired) electrons. The summed E-state index contributed by atoms with van der Waals surface area (Å²) in [6, 6.07) is 0. The Balaban J connectivity index is 0. The van der Waals surface area contributed by atoms with Crippen LogP contribution >= 0.6 is 0 Å². The van der Waals surface area contributed by atoms with E-state index >= 15 is 0 Å². The Morgan fingerprint density at radius 1 is 0.654 bits per heavy atom. The number of esters is 1. The van der Waals surface area contributed by atoms with E-state index in [1.54, 1.807) is 6.92 Å². The van der Waals surface area contributed by atoms with Crippen molar-refractivity contribution < 1.29 is 19.4 Å². The van der Waals surface area contributed by atoms with Gasteiger partial charge in [-0.05, 0) is 12.8 Å². The fraction of sp³-hybridized carbons (Fsp3) is 0.909. The van der Waals surface area contributed by atoms with Crippen molar-refractivity contribution in [3.8, 4) is 0 Å². The van der Waals surface area contributed by atoms with Crippen LogP contribution in [0, 0.1) is 0 Å². The molecule has 0 rings (SSSR count). The maximum atomic E-state index is 10.3. The fourth-order valence-corrected chi connectivity index (χ4v) is 2.61. The van der Waals surface area contributed by atoms with Gasteiger partial charge in [0.1, 0.15) is 0 Å². The van der Waals surface area contributed by atoms with Crippen molar-refractivity contribution in [2.24, 2.45) is 0 Å². The molecule has 0 aromatic rings. The Labute approximate surface area is 162 Å². The number of ether oxygens (including phenoxy) is 1. The molecule has 0 aliphatic carbocycles. The molecule has 4 nitrogen and oxygen atoms in total. The number of hydrogen-bond acceptors (Lipinski definition) is 3. The van der Waals surface area contributed by atoms with Crippen molar-refractivity contribution in [1.82, 2.24) is 0 Å². The molecular weight excluding hydrogens is 328 g/mol. The third-order valence-electron chi connectivity index (χ3n) is 4.25. The summed E-state index contributed by atoms with van der Waals surface area (Å²) >= 11 is 0. The molecule has 0 heterocycles. The first kappa shape index (κ1) is 27.2. The molecule has 0 spiro atoms. The van der Waals surface area contributed by atoms with E-state index in [1.807, 2.05) is 6.92 Å². The zero-order chi connectivity index (χ0) is 19.9. The lowest BCUT2D eigenvalue weighted by molar-refractivity contribution is -0.143. The summed E-state index contributed by atoms with van der Waals surface area (Å²) in [4.78, 5) is 20.6. The number of carbonyl (C=O) groups excluding carboxylic acids is 1. The van der Waals surface area contributed by atoms with E-state index in [0.717, 1.165) is 19.3 Å². The number of unbranched alkanes of at least 4 members (excludes halogenated alkanes) is 12. The summed E-state index contributed by atoms with van der Waals surface area (Å²) < 4.78 is 4.70. The van der Waals surface area contributed by atoms with Crippen LogP contribution in [0.25, 0.3) is 0 Å². The second-order valence-corrected chi connectivity index (χ2v) is 6.96. The van der Waals surface area contributed by atoms with Gasteiger partial charge in [0.25, 0.3) is 0 Å². The first-order valence-electron chi connectivity index (χ1n) is 11.0. The van der Waals surface area contributed by atoms with Crippen LogP contribution in [0.1, 0.15) is 124 Å². The molecule has 0 saturated heterocycles. The minimum Gasteiger partial charge on any atom is -0.481 e. The van der Waals surface area contributed by atoms with Gasteiger partial charge in [0.2, 0.25) is 0 Å². The van der Waals surface area contributed by atoms with Gasteiger partial charge in [-0.3, -0.25) is 9.59 Å². The molecule has 4 heteroatoms. The lowest BCUT2D eigenvalue weighted by Gasteiger charge is -2.02. The SMILES string of the molecule is CCCCCCCCCCCCCCCC(=O)O.CCCOC(=O)CC. The quantitative estimate of drug-likeness (QED) is 0.223. The summed E-state index contributed by atoms with van der Waals surface area (Å²) in [7, 11) is 0. The van der Waals surface area contributed by atoms with Gasteiger partial charge in [0.15, 0.2) is 0 Å². The molecule has 0 aliphatic heterocycles. The molecule has 0 unspecified atom stereocenters. The van der Waals surface area contributed by atoms with Gasteiger partial charge in [-0.15, -0.1) is 0 Å². The standard InChI is InChI=1S/C16H32O2.C6H12O2/c1-2-3-4-5-6-7-8-9-10-11-12-13-14-15-16(17)18;1-3-5-8-6(7)4-2/h2-15H2,1H3,(H,17,18);3-5H2,1-2H3. The predicted octanol–water partition coefficient (Wildman–Crippen LogP) is 6.90. The maximum absolute atomic E-state index is 10.3. The molecular formula is C22H44O4. The Morgan fingerprint density at radius 3 is 1.42 bits per heavy atom. The second-order valence-electron chi connectivity index (χ2n) is 6.96. The van der Waals surface area contributed by atoms with Crippen molar-refractivity contribution in [3.05, 3.63) is 0 Å². The molecule has 0 amide bonds. The minimum atomic E-state index is -0.655. The third kappa shape index (κ3) is 27.8. The summed E-state index contributed by atoms with van der Waals surface area (Å²) in [6.45, 7) is 6.59. The van der Waals surface area contributed by atoms with Crippen LogP contribution in [-0.2, 0) is 14.3 Å². The molecule has 0 aliphatic rings.